The Balaban J connectivity index is 1.63. The molecular formula is C23H25NO2. The fourth-order valence-corrected chi connectivity index (χ4v) is 2.66. The molecule has 0 aromatic heterocycles. The summed E-state index contributed by atoms with van der Waals surface area (Å²) in [4.78, 5) is 0. The summed E-state index contributed by atoms with van der Waals surface area (Å²) in [6.45, 7) is 5.43. The second-order valence-electron chi connectivity index (χ2n) is 6.48. The van der Waals surface area contributed by atoms with Gasteiger partial charge in [0.2, 0.25) is 0 Å². The van der Waals surface area contributed by atoms with Gasteiger partial charge in [0.25, 0.3) is 0 Å². The van der Waals surface area contributed by atoms with Gasteiger partial charge in [-0.05, 0) is 49.2 Å². The van der Waals surface area contributed by atoms with E-state index in [1.54, 1.807) is 7.11 Å². The highest BCUT2D eigenvalue weighted by Gasteiger charge is 2.06. The molecule has 26 heavy (non-hydrogen) atoms. The SMILES string of the molecule is COc1cc(CNc2ccc(C)cc2)ccc1OCc1ccc(C)cc1. The van der Waals surface area contributed by atoms with Gasteiger partial charge in [0.1, 0.15) is 6.61 Å². The number of methoxy groups -OCH3 is 1. The molecule has 0 aliphatic carbocycles. The monoisotopic (exact) mass is 347 g/mol. The fourth-order valence-electron chi connectivity index (χ4n) is 2.66. The molecule has 3 nitrogen and oxygen atoms in total. The van der Waals surface area contributed by atoms with E-state index in [0.29, 0.717) is 6.61 Å². The van der Waals surface area contributed by atoms with Crippen molar-refractivity contribution < 1.29 is 9.47 Å². The lowest BCUT2D eigenvalue weighted by Gasteiger charge is -2.13. The molecule has 3 heteroatoms. The summed E-state index contributed by atoms with van der Waals surface area (Å²) in [5.41, 5.74) is 5.89. The number of ether oxygens (including phenoxy) is 2. The number of hydrogen-bond acceptors (Lipinski definition) is 3. The molecule has 0 bridgehead atoms. The van der Waals surface area contributed by atoms with Crippen LogP contribution in [0.1, 0.15) is 22.3 Å². The first-order valence-electron chi connectivity index (χ1n) is 8.80. The summed E-state index contributed by atoms with van der Waals surface area (Å²) < 4.78 is 11.4. The van der Waals surface area contributed by atoms with Crippen LogP contribution in [0, 0.1) is 13.8 Å². The average Bonchev–Trinajstić information content (AvgIpc) is 2.67. The van der Waals surface area contributed by atoms with Gasteiger partial charge in [-0.3, -0.25) is 0 Å². The molecule has 0 heterocycles. The fraction of sp³-hybridized carbons (Fsp3) is 0.217. The molecular weight excluding hydrogens is 322 g/mol. The number of hydrogen-bond donors (Lipinski definition) is 1. The zero-order valence-corrected chi connectivity index (χ0v) is 15.6. The van der Waals surface area contributed by atoms with E-state index in [1.165, 1.54) is 11.1 Å². The highest BCUT2D eigenvalue weighted by molar-refractivity contribution is 5.47. The number of benzene rings is 3. The van der Waals surface area contributed by atoms with E-state index < -0.39 is 0 Å². The largest absolute Gasteiger partial charge is 0.493 e. The smallest absolute Gasteiger partial charge is 0.161 e. The van der Waals surface area contributed by atoms with Crippen molar-refractivity contribution in [2.75, 3.05) is 12.4 Å². The van der Waals surface area contributed by atoms with Gasteiger partial charge in [-0.25, -0.2) is 0 Å². The Hall–Kier alpha value is -2.94. The molecule has 3 rings (SSSR count). The highest BCUT2D eigenvalue weighted by Crippen LogP contribution is 2.29. The van der Waals surface area contributed by atoms with Crippen molar-refractivity contribution in [3.63, 3.8) is 0 Å². The maximum Gasteiger partial charge on any atom is 0.161 e. The molecule has 0 radical (unpaired) electrons. The number of anilines is 1. The van der Waals surface area contributed by atoms with Crippen LogP contribution in [0.3, 0.4) is 0 Å². The van der Waals surface area contributed by atoms with E-state index in [1.807, 2.05) is 12.1 Å². The molecule has 3 aromatic rings. The van der Waals surface area contributed by atoms with Crippen molar-refractivity contribution >= 4 is 5.69 Å². The Labute approximate surface area is 155 Å². The summed E-state index contributed by atoms with van der Waals surface area (Å²) >= 11 is 0. The standard InChI is InChI=1S/C23H25NO2/c1-17-4-8-19(9-5-17)16-26-22-13-10-20(14-23(22)25-3)15-24-21-11-6-18(2)7-12-21/h4-14,24H,15-16H2,1-3H3. The van der Waals surface area contributed by atoms with Crippen LogP contribution in [-0.2, 0) is 13.2 Å². The predicted molar refractivity (Wildman–Crippen MR) is 107 cm³/mol. The minimum absolute atomic E-state index is 0.525. The van der Waals surface area contributed by atoms with E-state index in [9.17, 15) is 0 Å². The zero-order chi connectivity index (χ0) is 18.4. The van der Waals surface area contributed by atoms with Crippen LogP contribution >= 0.6 is 0 Å². The predicted octanol–water partition coefficient (Wildman–Crippen LogP) is 5.50. The van der Waals surface area contributed by atoms with Crippen molar-refractivity contribution in [3.8, 4) is 11.5 Å². The quantitative estimate of drug-likeness (QED) is 0.612. The van der Waals surface area contributed by atoms with Gasteiger partial charge in [0.05, 0.1) is 7.11 Å². The lowest BCUT2D eigenvalue weighted by Crippen LogP contribution is -2.02. The van der Waals surface area contributed by atoms with Crippen molar-refractivity contribution in [1.82, 2.24) is 0 Å². The minimum Gasteiger partial charge on any atom is -0.493 e. The molecule has 0 saturated carbocycles. The first kappa shape index (κ1) is 17.9. The zero-order valence-electron chi connectivity index (χ0n) is 15.6. The molecule has 0 saturated heterocycles. The van der Waals surface area contributed by atoms with Gasteiger partial charge in [-0.2, -0.15) is 0 Å². The summed E-state index contributed by atoms with van der Waals surface area (Å²) in [6.07, 6.45) is 0. The molecule has 0 fully saturated rings. The molecule has 0 unspecified atom stereocenters. The summed E-state index contributed by atoms with van der Waals surface area (Å²) in [6, 6.07) is 22.8. The summed E-state index contributed by atoms with van der Waals surface area (Å²) in [5.74, 6) is 1.51. The van der Waals surface area contributed by atoms with E-state index in [0.717, 1.165) is 34.9 Å². The molecule has 134 valence electrons. The van der Waals surface area contributed by atoms with Gasteiger partial charge < -0.3 is 14.8 Å². The third-order valence-electron chi connectivity index (χ3n) is 4.29. The Kier molecular flexibility index (Phi) is 5.80. The molecule has 1 N–H and O–H groups in total. The van der Waals surface area contributed by atoms with Crippen molar-refractivity contribution in [2.45, 2.75) is 27.0 Å². The maximum atomic E-state index is 5.94. The molecule has 0 aliphatic rings. The highest BCUT2D eigenvalue weighted by atomic mass is 16.5. The topological polar surface area (TPSA) is 30.5 Å². The third kappa shape index (κ3) is 4.79. The summed E-state index contributed by atoms with van der Waals surface area (Å²) in [7, 11) is 1.67. The lowest BCUT2D eigenvalue weighted by atomic mass is 10.1. The molecule has 0 spiro atoms. The number of nitrogens with one attached hydrogen (secondary N) is 1. The van der Waals surface area contributed by atoms with E-state index in [-0.39, 0.29) is 0 Å². The van der Waals surface area contributed by atoms with Crippen LogP contribution in [0.15, 0.2) is 66.7 Å². The maximum absolute atomic E-state index is 5.94. The van der Waals surface area contributed by atoms with Crippen LogP contribution in [0.25, 0.3) is 0 Å². The first-order valence-corrected chi connectivity index (χ1v) is 8.80. The van der Waals surface area contributed by atoms with Crippen LogP contribution in [0.5, 0.6) is 11.5 Å². The van der Waals surface area contributed by atoms with E-state index in [2.05, 4.69) is 73.8 Å². The first-order chi connectivity index (χ1) is 12.6. The van der Waals surface area contributed by atoms with Gasteiger partial charge in [0.15, 0.2) is 11.5 Å². The number of aryl methyl sites for hydroxylation is 2. The van der Waals surface area contributed by atoms with Crippen molar-refractivity contribution in [3.05, 3.63) is 89.0 Å². The van der Waals surface area contributed by atoms with Gasteiger partial charge >= 0.3 is 0 Å². The van der Waals surface area contributed by atoms with Crippen molar-refractivity contribution in [2.24, 2.45) is 0 Å². The van der Waals surface area contributed by atoms with E-state index in [4.69, 9.17) is 9.47 Å². The Morgan fingerprint density at radius 2 is 1.35 bits per heavy atom. The second-order valence-corrected chi connectivity index (χ2v) is 6.48. The second kappa shape index (κ2) is 8.43. The molecule has 0 atom stereocenters. The third-order valence-corrected chi connectivity index (χ3v) is 4.29. The van der Waals surface area contributed by atoms with Crippen LogP contribution in [0.2, 0.25) is 0 Å². The van der Waals surface area contributed by atoms with Crippen molar-refractivity contribution in [1.29, 1.82) is 0 Å². The average molecular weight is 347 g/mol. The molecule has 0 amide bonds. The van der Waals surface area contributed by atoms with Crippen LogP contribution < -0.4 is 14.8 Å². The molecule has 0 aliphatic heterocycles. The molecule has 3 aromatic carbocycles. The van der Waals surface area contributed by atoms with Crippen LogP contribution in [0.4, 0.5) is 5.69 Å². The van der Waals surface area contributed by atoms with Gasteiger partial charge in [0, 0.05) is 12.2 Å². The van der Waals surface area contributed by atoms with E-state index >= 15 is 0 Å². The van der Waals surface area contributed by atoms with Crippen LogP contribution in [-0.4, -0.2) is 7.11 Å². The minimum atomic E-state index is 0.525. The van der Waals surface area contributed by atoms with Gasteiger partial charge in [-0.1, -0.05) is 53.6 Å². The Bertz CT molecular complexity index is 839. The Morgan fingerprint density at radius 3 is 2.00 bits per heavy atom. The lowest BCUT2D eigenvalue weighted by molar-refractivity contribution is 0.284. The summed E-state index contributed by atoms with van der Waals surface area (Å²) in [5, 5.41) is 3.43. The number of rotatable bonds is 7. The normalized spacial score (nSPS) is 10.4. The Morgan fingerprint density at radius 1 is 0.731 bits per heavy atom. The van der Waals surface area contributed by atoms with Gasteiger partial charge in [-0.15, -0.1) is 0 Å².